The number of pyridine rings is 1. The quantitative estimate of drug-likeness (QED) is 0.305. The molecule has 0 unspecified atom stereocenters. The monoisotopic (exact) mass is 513 g/mol. The molecular formula is C29H31N5O2S. The van der Waals surface area contributed by atoms with Crippen LogP contribution in [0.15, 0.2) is 77.5 Å². The molecule has 190 valence electrons. The van der Waals surface area contributed by atoms with E-state index in [0.717, 1.165) is 39.7 Å². The highest BCUT2D eigenvalue weighted by atomic mass is 32.1. The Morgan fingerprint density at radius 1 is 1.11 bits per heavy atom. The van der Waals surface area contributed by atoms with Crippen LogP contribution in [0.3, 0.4) is 0 Å². The number of nitrogens with one attached hydrogen (secondary N) is 2. The van der Waals surface area contributed by atoms with E-state index in [4.69, 9.17) is 16.6 Å². The summed E-state index contributed by atoms with van der Waals surface area (Å²) in [5.41, 5.74) is 6.30. The predicted molar refractivity (Wildman–Crippen MR) is 148 cm³/mol. The minimum atomic E-state index is -0.133. The van der Waals surface area contributed by atoms with Gasteiger partial charge in [0.1, 0.15) is 5.76 Å². The SMILES string of the molecule is Cc1ccc(NC(=O)CCN2C(=S)N[C@H](c3ccccn3)[C@@H]2c2cc(C)n(Cc3ccco3)c2C)cc1. The molecule has 2 atom stereocenters. The fraction of sp³-hybridized carbons (Fsp3) is 0.276. The zero-order chi connectivity index (χ0) is 25.9. The van der Waals surface area contributed by atoms with Gasteiger partial charge in [0.05, 0.1) is 30.6 Å². The molecule has 4 aromatic rings. The van der Waals surface area contributed by atoms with E-state index in [1.807, 2.05) is 61.5 Å². The summed E-state index contributed by atoms with van der Waals surface area (Å²) in [6.45, 7) is 7.40. The number of hydrogen-bond donors (Lipinski definition) is 2. The van der Waals surface area contributed by atoms with Crippen LogP contribution in [-0.2, 0) is 11.3 Å². The molecule has 0 aliphatic carbocycles. The van der Waals surface area contributed by atoms with Crippen LogP contribution in [0.2, 0.25) is 0 Å². The summed E-state index contributed by atoms with van der Waals surface area (Å²) < 4.78 is 7.87. The van der Waals surface area contributed by atoms with Gasteiger partial charge in [-0.3, -0.25) is 9.78 Å². The zero-order valence-electron chi connectivity index (χ0n) is 21.3. The third-order valence-corrected chi connectivity index (χ3v) is 7.29. The number of furan rings is 1. The molecule has 1 aliphatic rings. The maximum atomic E-state index is 12.8. The second kappa shape index (κ2) is 10.6. The largest absolute Gasteiger partial charge is 0.467 e. The van der Waals surface area contributed by atoms with Gasteiger partial charge < -0.3 is 24.5 Å². The molecule has 37 heavy (non-hydrogen) atoms. The highest BCUT2D eigenvalue weighted by Crippen LogP contribution is 2.41. The number of carbonyl (C=O) groups excluding carboxylic acids is 1. The number of rotatable bonds is 8. The lowest BCUT2D eigenvalue weighted by atomic mass is 9.96. The number of benzene rings is 1. The molecule has 0 saturated carbocycles. The predicted octanol–water partition coefficient (Wildman–Crippen LogP) is 5.45. The van der Waals surface area contributed by atoms with Crippen LogP contribution in [0.4, 0.5) is 5.69 Å². The van der Waals surface area contributed by atoms with E-state index in [1.54, 1.807) is 12.5 Å². The number of aryl methyl sites for hydroxylation is 2. The van der Waals surface area contributed by atoms with Gasteiger partial charge in [-0.25, -0.2) is 0 Å². The summed E-state index contributed by atoms with van der Waals surface area (Å²) in [4.78, 5) is 19.6. The van der Waals surface area contributed by atoms with E-state index in [0.29, 0.717) is 24.6 Å². The molecule has 7 nitrogen and oxygen atoms in total. The van der Waals surface area contributed by atoms with Crippen LogP contribution in [0, 0.1) is 20.8 Å². The van der Waals surface area contributed by atoms with Crippen LogP contribution in [0.5, 0.6) is 0 Å². The second-order valence-electron chi connectivity index (χ2n) is 9.48. The molecule has 0 bridgehead atoms. The van der Waals surface area contributed by atoms with Crippen LogP contribution >= 0.6 is 12.2 Å². The zero-order valence-corrected chi connectivity index (χ0v) is 22.1. The van der Waals surface area contributed by atoms with Gasteiger partial charge in [0.25, 0.3) is 0 Å². The van der Waals surface area contributed by atoms with Gasteiger partial charge in [0.15, 0.2) is 5.11 Å². The summed E-state index contributed by atoms with van der Waals surface area (Å²) in [5.74, 6) is 0.856. The van der Waals surface area contributed by atoms with Gasteiger partial charge in [-0.1, -0.05) is 23.8 Å². The lowest BCUT2D eigenvalue weighted by Crippen LogP contribution is -2.32. The fourth-order valence-corrected chi connectivity index (χ4v) is 5.33. The van der Waals surface area contributed by atoms with Crippen LogP contribution < -0.4 is 10.6 Å². The van der Waals surface area contributed by atoms with Gasteiger partial charge in [0, 0.05) is 36.2 Å². The highest BCUT2D eigenvalue weighted by Gasteiger charge is 2.41. The van der Waals surface area contributed by atoms with Crippen LogP contribution in [0.1, 0.15) is 52.5 Å². The maximum absolute atomic E-state index is 12.8. The maximum Gasteiger partial charge on any atom is 0.226 e. The average molecular weight is 514 g/mol. The molecule has 1 amide bonds. The Kier molecular flexibility index (Phi) is 7.10. The standard InChI is InChI=1S/C29H31N5O2S/c1-19-9-11-22(12-10-19)31-26(35)13-15-33-28(27(32-29(33)37)25-8-4-5-14-30-25)24-17-20(2)34(21(24)3)18-23-7-6-16-36-23/h4-12,14,16-17,27-28H,13,15,18H2,1-3H3,(H,31,35)(H,32,37)/t27-,28+/m1/s1. The van der Waals surface area contributed by atoms with Gasteiger partial charge >= 0.3 is 0 Å². The Hall–Kier alpha value is -3.91. The van der Waals surface area contributed by atoms with E-state index in [-0.39, 0.29) is 18.0 Å². The summed E-state index contributed by atoms with van der Waals surface area (Å²) in [6.07, 6.45) is 3.81. The summed E-state index contributed by atoms with van der Waals surface area (Å²) in [7, 11) is 0. The molecular weight excluding hydrogens is 482 g/mol. The minimum Gasteiger partial charge on any atom is -0.467 e. The Morgan fingerprint density at radius 2 is 1.92 bits per heavy atom. The number of amides is 1. The third-order valence-electron chi connectivity index (χ3n) is 6.94. The first-order valence-electron chi connectivity index (χ1n) is 12.4. The van der Waals surface area contributed by atoms with Crippen molar-refractivity contribution >= 4 is 28.9 Å². The van der Waals surface area contributed by atoms with Crippen molar-refractivity contribution in [2.75, 3.05) is 11.9 Å². The van der Waals surface area contributed by atoms with Crippen LogP contribution in [0.25, 0.3) is 0 Å². The molecule has 5 rings (SSSR count). The van der Waals surface area contributed by atoms with Crippen LogP contribution in [-0.4, -0.2) is 32.0 Å². The molecule has 3 aromatic heterocycles. The Morgan fingerprint density at radius 3 is 2.62 bits per heavy atom. The Bertz CT molecular complexity index is 1380. The number of carbonyl (C=O) groups is 1. The number of nitrogens with zero attached hydrogens (tertiary/aromatic N) is 3. The van der Waals surface area contributed by atoms with Gasteiger partial charge in [-0.2, -0.15) is 0 Å². The van der Waals surface area contributed by atoms with E-state index in [2.05, 4.69) is 45.0 Å². The minimum absolute atomic E-state index is 0.0463. The summed E-state index contributed by atoms with van der Waals surface area (Å²) in [6, 6.07) is 19.6. The van der Waals surface area contributed by atoms with E-state index >= 15 is 0 Å². The molecule has 0 radical (unpaired) electrons. The molecule has 1 aromatic carbocycles. The second-order valence-corrected chi connectivity index (χ2v) is 9.86. The lowest BCUT2D eigenvalue weighted by Gasteiger charge is -2.28. The Labute approximate surface area is 222 Å². The Balaban J connectivity index is 1.42. The molecule has 2 N–H and O–H groups in total. The molecule has 0 spiro atoms. The fourth-order valence-electron chi connectivity index (χ4n) is 5.00. The molecule has 1 fully saturated rings. The lowest BCUT2D eigenvalue weighted by molar-refractivity contribution is -0.116. The normalized spacial score (nSPS) is 17.2. The van der Waals surface area contributed by atoms with Gasteiger partial charge in [-0.05, 0) is 81.0 Å². The number of hydrogen-bond acceptors (Lipinski definition) is 4. The van der Waals surface area contributed by atoms with Crippen molar-refractivity contribution in [2.24, 2.45) is 0 Å². The van der Waals surface area contributed by atoms with Gasteiger partial charge in [0.2, 0.25) is 5.91 Å². The van der Waals surface area contributed by atoms with Crippen molar-refractivity contribution in [3.63, 3.8) is 0 Å². The summed E-state index contributed by atoms with van der Waals surface area (Å²) in [5, 5.41) is 7.11. The van der Waals surface area contributed by atoms with E-state index in [1.165, 1.54) is 0 Å². The molecule has 4 heterocycles. The number of thiocarbonyl (C=S) groups is 1. The smallest absolute Gasteiger partial charge is 0.226 e. The van der Waals surface area contributed by atoms with E-state index < -0.39 is 0 Å². The van der Waals surface area contributed by atoms with Crippen molar-refractivity contribution in [1.82, 2.24) is 19.8 Å². The molecule has 8 heteroatoms. The van der Waals surface area contributed by atoms with Crippen molar-refractivity contribution in [2.45, 2.75) is 45.8 Å². The first-order valence-corrected chi connectivity index (χ1v) is 12.8. The van der Waals surface area contributed by atoms with Crippen molar-refractivity contribution < 1.29 is 9.21 Å². The number of aromatic nitrogens is 2. The molecule has 1 saturated heterocycles. The van der Waals surface area contributed by atoms with Crippen molar-refractivity contribution in [3.8, 4) is 0 Å². The third kappa shape index (κ3) is 5.29. The number of anilines is 1. The van der Waals surface area contributed by atoms with E-state index in [9.17, 15) is 4.79 Å². The van der Waals surface area contributed by atoms with Crippen molar-refractivity contribution in [1.29, 1.82) is 0 Å². The first-order chi connectivity index (χ1) is 17.9. The topological polar surface area (TPSA) is 75.3 Å². The average Bonchev–Trinajstić information content (AvgIpc) is 3.60. The highest BCUT2D eigenvalue weighted by molar-refractivity contribution is 7.80. The van der Waals surface area contributed by atoms with Crippen molar-refractivity contribution in [3.05, 3.63) is 107 Å². The molecule has 1 aliphatic heterocycles. The van der Waals surface area contributed by atoms with Gasteiger partial charge in [-0.15, -0.1) is 0 Å². The summed E-state index contributed by atoms with van der Waals surface area (Å²) >= 11 is 5.80. The first kappa shape index (κ1) is 24.8.